The van der Waals surface area contributed by atoms with E-state index >= 15 is 0 Å². The smallest absolute Gasteiger partial charge is 0.414 e. The molecule has 1 fully saturated rings. The second-order valence-corrected chi connectivity index (χ2v) is 5.60. The third-order valence-electron chi connectivity index (χ3n) is 3.74. The van der Waals surface area contributed by atoms with Gasteiger partial charge in [0, 0.05) is 45.1 Å². The van der Waals surface area contributed by atoms with Crippen LogP contribution >= 0.6 is 0 Å². The topological polar surface area (TPSA) is 107 Å². The molecular formula is C17H21N3O5. The number of nitrogens with zero attached hydrogens (tertiary/aromatic N) is 3. The summed E-state index contributed by atoms with van der Waals surface area (Å²) in [6.45, 7) is 6.34. The fourth-order valence-corrected chi connectivity index (χ4v) is 2.48. The molecule has 1 aliphatic heterocycles. The predicted octanol–water partition coefficient (Wildman–Crippen LogP) is 1.15. The van der Waals surface area contributed by atoms with Gasteiger partial charge in [0.1, 0.15) is 5.76 Å². The van der Waals surface area contributed by atoms with Gasteiger partial charge >= 0.3 is 11.9 Å². The molecular weight excluding hydrogens is 326 g/mol. The zero-order chi connectivity index (χ0) is 18.1. The van der Waals surface area contributed by atoms with E-state index in [4.69, 9.17) is 24.2 Å². The first kappa shape index (κ1) is 18.6. The summed E-state index contributed by atoms with van der Waals surface area (Å²) in [5, 5.41) is 14.8. The van der Waals surface area contributed by atoms with Crippen LogP contribution in [0.2, 0.25) is 0 Å². The van der Waals surface area contributed by atoms with Crippen LogP contribution in [0.3, 0.4) is 0 Å². The van der Waals surface area contributed by atoms with Gasteiger partial charge in [0.05, 0.1) is 12.8 Å². The van der Waals surface area contributed by atoms with E-state index < -0.39 is 11.9 Å². The van der Waals surface area contributed by atoms with E-state index in [1.807, 2.05) is 30.6 Å². The Labute approximate surface area is 145 Å². The van der Waals surface area contributed by atoms with E-state index in [1.165, 1.54) is 5.56 Å². The molecule has 3 heterocycles. The Hall–Kier alpha value is -2.71. The van der Waals surface area contributed by atoms with Gasteiger partial charge in [-0.15, -0.1) is 0 Å². The minimum Gasteiger partial charge on any atom is -0.473 e. The van der Waals surface area contributed by atoms with E-state index in [2.05, 4.69) is 20.9 Å². The first-order valence-corrected chi connectivity index (χ1v) is 7.87. The van der Waals surface area contributed by atoms with Crippen molar-refractivity contribution in [2.45, 2.75) is 13.1 Å². The first-order valence-electron chi connectivity index (χ1n) is 7.87. The van der Waals surface area contributed by atoms with Gasteiger partial charge in [-0.2, -0.15) is 0 Å². The summed E-state index contributed by atoms with van der Waals surface area (Å²) in [6, 6.07) is 8.14. The van der Waals surface area contributed by atoms with Crippen molar-refractivity contribution in [2.75, 3.05) is 26.2 Å². The zero-order valence-corrected chi connectivity index (χ0v) is 13.7. The van der Waals surface area contributed by atoms with Crippen LogP contribution in [0.15, 0.2) is 47.3 Å². The van der Waals surface area contributed by atoms with E-state index in [9.17, 15) is 0 Å². The molecule has 1 saturated heterocycles. The molecule has 2 aromatic heterocycles. The molecule has 2 aromatic rings. The van der Waals surface area contributed by atoms with E-state index in [0.717, 1.165) is 45.0 Å². The molecule has 1 aliphatic rings. The van der Waals surface area contributed by atoms with Crippen molar-refractivity contribution in [3.05, 3.63) is 54.2 Å². The Bertz CT molecular complexity index is 640. The van der Waals surface area contributed by atoms with Gasteiger partial charge < -0.3 is 14.6 Å². The Morgan fingerprint density at radius 1 is 1.00 bits per heavy atom. The third-order valence-corrected chi connectivity index (χ3v) is 3.74. The molecule has 25 heavy (non-hydrogen) atoms. The molecule has 3 rings (SSSR count). The van der Waals surface area contributed by atoms with Gasteiger partial charge in [0.25, 0.3) is 0 Å². The monoisotopic (exact) mass is 347 g/mol. The van der Waals surface area contributed by atoms with E-state index in [0.29, 0.717) is 0 Å². The summed E-state index contributed by atoms with van der Waals surface area (Å²) in [5.41, 5.74) is 1.29. The molecule has 2 N–H and O–H groups in total. The normalized spacial score (nSPS) is 15.2. The van der Waals surface area contributed by atoms with Crippen molar-refractivity contribution in [3.63, 3.8) is 0 Å². The van der Waals surface area contributed by atoms with Crippen LogP contribution in [0, 0.1) is 0 Å². The van der Waals surface area contributed by atoms with Crippen molar-refractivity contribution in [1.82, 2.24) is 14.8 Å². The number of pyridine rings is 1. The number of furan rings is 1. The summed E-state index contributed by atoms with van der Waals surface area (Å²) in [7, 11) is 0. The molecule has 0 saturated carbocycles. The fourth-order valence-electron chi connectivity index (χ4n) is 2.48. The van der Waals surface area contributed by atoms with Gasteiger partial charge in [-0.3, -0.25) is 14.8 Å². The number of hydrogen-bond acceptors (Lipinski definition) is 6. The van der Waals surface area contributed by atoms with Crippen LogP contribution in [-0.2, 0) is 22.7 Å². The summed E-state index contributed by atoms with van der Waals surface area (Å²) < 4.78 is 5.40. The summed E-state index contributed by atoms with van der Waals surface area (Å²) in [5.74, 6) is -2.59. The SMILES string of the molecule is O=C(O)C(=O)O.c1cncc(CN2CCN(Cc3ccco3)CC2)c1. The Morgan fingerprint density at radius 3 is 2.12 bits per heavy atom. The third kappa shape index (κ3) is 6.74. The second-order valence-electron chi connectivity index (χ2n) is 5.60. The molecule has 8 heteroatoms. The molecule has 0 unspecified atom stereocenters. The van der Waals surface area contributed by atoms with E-state index in [-0.39, 0.29) is 0 Å². The molecule has 0 atom stereocenters. The van der Waals surface area contributed by atoms with Gasteiger partial charge in [0.15, 0.2) is 0 Å². The van der Waals surface area contributed by atoms with Gasteiger partial charge in [-0.05, 0) is 23.8 Å². The molecule has 0 aromatic carbocycles. The Morgan fingerprint density at radius 2 is 1.64 bits per heavy atom. The lowest BCUT2D eigenvalue weighted by atomic mass is 10.2. The van der Waals surface area contributed by atoms with Gasteiger partial charge in [0.2, 0.25) is 0 Å². The molecule has 8 nitrogen and oxygen atoms in total. The van der Waals surface area contributed by atoms with Crippen LogP contribution in [0.4, 0.5) is 0 Å². The van der Waals surface area contributed by atoms with Crippen LogP contribution in [0.1, 0.15) is 11.3 Å². The lowest BCUT2D eigenvalue weighted by Crippen LogP contribution is -2.45. The summed E-state index contributed by atoms with van der Waals surface area (Å²) in [4.78, 5) is 27.3. The summed E-state index contributed by atoms with van der Waals surface area (Å²) >= 11 is 0. The van der Waals surface area contributed by atoms with E-state index in [1.54, 1.807) is 6.26 Å². The quantitative estimate of drug-likeness (QED) is 0.793. The fraction of sp³-hybridized carbons (Fsp3) is 0.353. The van der Waals surface area contributed by atoms with Crippen molar-refractivity contribution >= 4 is 11.9 Å². The van der Waals surface area contributed by atoms with Crippen molar-refractivity contribution in [2.24, 2.45) is 0 Å². The number of hydrogen-bond donors (Lipinski definition) is 2. The highest BCUT2D eigenvalue weighted by molar-refractivity contribution is 6.27. The minimum absolute atomic E-state index is 0.924. The number of aliphatic carboxylic acids is 2. The number of aromatic nitrogens is 1. The first-order chi connectivity index (χ1) is 12.0. The average Bonchev–Trinajstić information content (AvgIpc) is 3.11. The average molecular weight is 347 g/mol. The molecule has 0 amide bonds. The molecule has 0 aliphatic carbocycles. The van der Waals surface area contributed by atoms with Gasteiger partial charge in [-0.25, -0.2) is 9.59 Å². The predicted molar refractivity (Wildman–Crippen MR) is 88.8 cm³/mol. The molecule has 0 bridgehead atoms. The van der Waals surface area contributed by atoms with Crippen molar-refractivity contribution in [3.8, 4) is 0 Å². The lowest BCUT2D eigenvalue weighted by molar-refractivity contribution is -0.159. The number of carbonyl (C=O) groups is 2. The second kappa shape index (κ2) is 9.55. The lowest BCUT2D eigenvalue weighted by Gasteiger charge is -2.34. The maximum atomic E-state index is 9.10. The number of carboxylic acids is 2. The summed E-state index contributed by atoms with van der Waals surface area (Å²) in [6.07, 6.45) is 5.52. The largest absolute Gasteiger partial charge is 0.473 e. The van der Waals surface area contributed by atoms with Crippen LogP contribution in [0.25, 0.3) is 0 Å². The Kier molecular flexibility index (Phi) is 7.12. The molecule has 0 radical (unpaired) electrons. The number of carboxylic acid groups (broad SMARTS) is 2. The minimum atomic E-state index is -1.82. The van der Waals surface area contributed by atoms with Crippen molar-refractivity contribution in [1.29, 1.82) is 0 Å². The van der Waals surface area contributed by atoms with Crippen LogP contribution in [-0.4, -0.2) is 63.1 Å². The van der Waals surface area contributed by atoms with Crippen LogP contribution < -0.4 is 0 Å². The highest BCUT2D eigenvalue weighted by Gasteiger charge is 2.17. The standard InChI is InChI=1S/C15H19N3O.C2H2O4/c1-3-14(11-16-5-1)12-17-6-8-18(9-7-17)13-15-4-2-10-19-15;3-1(4)2(5)6/h1-5,10-11H,6-9,12-13H2;(H,3,4)(H,5,6). The number of piperazine rings is 1. The maximum Gasteiger partial charge on any atom is 0.414 e. The maximum absolute atomic E-state index is 9.10. The Balaban J connectivity index is 0.000000326. The highest BCUT2D eigenvalue weighted by Crippen LogP contribution is 2.11. The highest BCUT2D eigenvalue weighted by atomic mass is 16.4. The van der Waals surface area contributed by atoms with Crippen molar-refractivity contribution < 1.29 is 24.2 Å². The molecule has 134 valence electrons. The molecule has 0 spiro atoms. The van der Waals surface area contributed by atoms with Gasteiger partial charge in [-0.1, -0.05) is 6.07 Å². The van der Waals surface area contributed by atoms with Crippen LogP contribution in [0.5, 0.6) is 0 Å². The zero-order valence-electron chi connectivity index (χ0n) is 13.7. The number of rotatable bonds is 4.